The van der Waals surface area contributed by atoms with E-state index in [1.54, 1.807) is 4.90 Å². The number of nitrogen functional groups attached to an aromatic ring is 1. The van der Waals surface area contributed by atoms with Crippen LogP contribution in [0.1, 0.15) is 17.5 Å². The van der Waals surface area contributed by atoms with Crippen molar-refractivity contribution >= 4 is 23.3 Å². The third-order valence-electron chi connectivity index (χ3n) is 6.14. The van der Waals surface area contributed by atoms with Crippen LogP contribution in [0.4, 0.5) is 11.5 Å². The maximum Gasteiger partial charge on any atom is 0.330 e. The van der Waals surface area contributed by atoms with Crippen molar-refractivity contribution in [2.75, 3.05) is 30.8 Å². The first-order valence-electron chi connectivity index (χ1n) is 11.1. The van der Waals surface area contributed by atoms with Crippen LogP contribution in [0.5, 0.6) is 0 Å². The zero-order chi connectivity index (χ0) is 24.2. The van der Waals surface area contributed by atoms with E-state index in [2.05, 4.69) is 4.98 Å². The Morgan fingerprint density at radius 3 is 2.29 bits per heavy atom. The Kier molecular flexibility index (Phi) is 6.62. The molecular weight excluding hydrogens is 434 g/mol. The molecule has 1 aromatic heterocycles. The molecular formula is C25H27N5O4. The average molecular weight is 462 g/mol. The van der Waals surface area contributed by atoms with Crippen LogP contribution in [0.25, 0.3) is 0 Å². The number of nitrogens with zero attached hydrogens (tertiary/aromatic N) is 3. The Labute approximate surface area is 196 Å². The lowest BCUT2D eigenvalue weighted by molar-refractivity contribution is -0.128. The zero-order valence-corrected chi connectivity index (χ0v) is 18.9. The van der Waals surface area contributed by atoms with E-state index in [0.717, 1.165) is 16.0 Å². The van der Waals surface area contributed by atoms with Crippen molar-refractivity contribution < 1.29 is 9.59 Å². The lowest BCUT2D eigenvalue weighted by Crippen LogP contribution is -2.42. The lowest BCUT2D eigenvalue weighted by atomic mass is 10.1. The highest BCUT2D eigenvalue weighted by molar-refractivity contribution is 6.00. The number of aromatic amines is 1. The SMILES string of the molecule is CN(C(=O)C1CC(=O)N(CCc2ccccc2)C1)c1c(N)n(Cc2ccccc2)c(=O)[nH]c1=O. The Balaban J connectivity index is 1.51. The van der Waals surface area contributed by atoms with Crippen molar-refractivity contribution in [2.45, 2.75) is 19.4 Å². The lowest BCUT2D eigenvalue weighted by Gasteiger charge is -2.23. The number of likely N-dealkylation sites (tertiary alicyclic amines) is 1. The van der Waals surface area contributed by atoms with Crippen LogP contribution in [0.15, 0.2) is 70.3 Å². The van der Waals surface area contributed by atoms with Gasteiger partial charge in [-0.1, -0.05) is 60.7 Å². The average Bonchev–Trinajstić information content (AvgIpc) is 3.21. The van der Waals surface area contributed by atoms with Crippen LogP contribution >= 0.6 is 0 Å². The number of hydrogen-bond acceptors (Lipinski definition) is 5. The van der Waals surface area contributed by atoms with Crippen LogP contribution in [0, 0.1) is 5.92 Å². The molecule has 0 radical (unpaired) electrons. The topological polar surface area (TPSA) is 121 Å². The number of nitrogens with two attached hydrogens (primary N) is 1. The molecule has 2 heterocycles. The highest BCUT2D eigenvalue weighted by atomic mass is 16.2. The summed E-state index contributed by atoms with van der Waals surface area (Å²) in [5, 5.41) is 0. The predicted molar refractivity (Wildman–Crippen MR) is 130 cm³/mol. The van der Waals surface area contributed by atoms with Crippen molar-refractivity contribution in [1.82, 2.24) is 14.5 Å². The van der Waals surface area contributed by atoms with Crippen molar-refractivity contribution in [3.63, 3.8) is 0 Å². The molecule has 9 nitrogen and oxygen atoms in total. The molecule has 3 aromatic rings. The molecule has 1 atom stereocenters. The molecule has 0 spiro atoms. The summed E-state index contributed by atoms with van der Waals surface area (Å²) < 4.78 is 1.22. The quantitative estimate of drug-likeness (QED) is 0.548. The standard InChI is InChI=1S/C25H27N5O4/c1-28(21-22(26)30(25(34)27-23(21)32)15-18-10-6-3-7-11-18)24(33)19-14-20(31)29(16-19)13-12-17-8-4-2-5-9-17/h2-11,19H,12-16,26H2,1H3,(H,27,32,34). The number of carbonyl (C=O) groups is 2. The minimum atomic E-state index is -0.743. The first-order valence-corrected chi connectivity index (χ1v) is 11.1. The Bertz CT molecular complexity index is 1300. The highest BCUT2D eigenvalue weighted by Gasteiger charge is 2.37. The largest absolute Gasteiger partial charge is 0.383 e. The van der Waals surface area contributed by atoms with E-state index in [-0.39, 0.29) is 36.9 Å². The van der Waals surface area contributed by atoms with Gasteiger partial charge in [-0.15, -0.1) is 0 Å². The monoisotopic (exact) mass is 461 g/mol. The fourth-order valence-electron chi connectivity index (χ4n) is 4.27. The molecule has 2 amide bonds. The van der Waals surface area contributed by atoms with Gasteiger partial charge in [0.25, 0.3) is 5.56 Å². The van der Waals surface area contributed by atoms with Crippen LogP contribution < -0.4 is 21.9 Å². The van der Waals surface area contributed by atoms with Crippen molar-refractivity contribution in [3.05, 3.63) is 92.6 Å². The van der Waals surface area contributed by atoms with Gasteiger partial charge in [0, 0.05) is 26.6 Å². The molecule has 1 aliphatic rings. The molecule has 34 heavy (non-hydrogen) atoms. The van der Waals surface area contributed by atoms with Gasteiger partial charge in [0.05, 0.1) is 12.5 Å². The Morgan fingerprint density at radius 2 is 1.65 bits per heavy atom. The summed E-state index contributed by atoms with van der Waals surface area (Å²) in [6, 6.07) is 19.0. The Morgan fingerprint density at radius 1 is 1.03 bits per heavy atom. The smallest absolute Gasteiger partial charge is 0.330 e. The second-order valence-electron chi connectivity index (χ2n) is 8.44. The summed E-state index contributed by atoms with van der Waals surface area (Å²) in [6.07, 6.45) is 0.764. The minimum absolute atomic E-state index is 0.0689. The summed E-state index contributed by atoms with van der Waals surface area (Å²) in [5.41, 5.74) is 6.64. The van der Waals surface area contributed by atoms with Crippen molar-refractivity contribution in [1.29, 1.82) is 0 Å². The highest BCUT2D eigenvalue weighted by Crippen LogP contribution is 2.24. The maximum absolute atomic E-state index is 13.2. The van der Waals surface area contributed by atoms with E-state index in [4.69, 9.17) is 5.73 Å². The van der Waals surface area contributed by atoms with Gasteiger partial charge in [0.15, 0.2) is 5.69 Å². The number of benzene rings is 2. The second kappa shape index (κ2) is 9.78. The third kappa shape index (κ3) is 4.78. The molecule has 1 unspecified atom stereocenters. The third-order valence-corrected chi connectivity index (χ3v) is 6.14. The molecule has 1 aliphatic heterocycles. The van der Waals surface area contributed by atoms with Gasteiger partial charge in [0.1, 0.15) is 5.82 Å². The molecule has 4 rings (SSSR count). The molecule has 0 bridgehead atoms. The van der Waals surface area contributed by atoms with E-state index in [9.17, 15) is 19.2 Å². The molecule has 0 aliphatic carbocycles. The summed E-state index contributed by atoms with van der Waals surface area (Å²) in [7, 11) is 1.44. The number of rotatable bonds is 7. The van der Waals surface area contributed by atoms with E-state index >= 15 is 0 Å². The maximum atomic E-state index is 13.2. The summed E-state index contributed by atoms with van der Waals surface area (Å²) in [6.45, 7) is 0.934. The number of carbonyl (C=O) groups excluding carboxylic acids is 2. The number of aromatic nitrogens is 2. The van der Waals surface area contributed by atoms with Gasteiger partial charge in [-0.05, 0) is 17.5 Å². The van der Waals surface area contributed by atoms with Gasteiger partial charge >= 0.3 is 5.69 Å². The number of H-pyrrole nitrogens is 1. The van der Waals surface area contributed by atoms with E-state index < -0.39 is 23.1 Å². The van der Waals surface area contributed by atoms with Crippen LogP contribution in [0.3, 0.4) is 0 Å². The number of hydrogen-bond donors (Lipinski definition) is 2. The van der Waals surface area contributed by atoms with Gasteiger partial charge in [-0.2, -0.15) is 0 Å². The molecule has 2 aromatic carbocycles. The van der Waals surface area contributed by atoms with Gasteiger partial charge < -0.3 is 15.5 Å². The summed E-state index contributed by atoms with van der Waals surface area (Å²) in [4.78, 5) is 55.8. The molecule has 3 N–H and O–H groups in total. The Hall–Kier alpha value is -4.14. The summed E-state index contributed by atoms with van der Waals surface area (Å²) >= 11 is 0. The molecule has 1 saturated heterocycles. The van der Waals surface area contributed by atoms with E-state index in [1.807, 2.05) is 60.7 Å². The fraction of sp³-hybridized carbons (Fsp3) is 0.280. The minimum Gasteiger partial charge on any atom is -0.383 e. The van der Waals surface area contributed by atoms with E-state index in [1.165, 1.54) is 11.6 Å². The summed E-state index contributed by atoms with van der Waals surface area (Å²) in [5.74, 6) is -1.18. The zero-order valence-electron chi connectivity index (χ0n) is 18.9. The molecule has 176 valence electrons. The van der Waals surface area contributed by atoms with Gasteiger partial charge in [-0.25, -0.2) is 4.79 Å². The van der Waals surface area contributed by atoms with Crippen LogP contribution in [-0.4, -0.2) is 46.4 Å². The molecule has 1 fully saturated rings. The van der Waals surface area contributed by atoms with Gasteiger partial charge in [-0.3, -0.25) is 23.9 Å². The fourth-order valence-corrected chi connectivity index (χ4v) is 4.27. The second-order valence-corrected chi connectivity index (χ2v) is 8.44. The van der Waals surface area contributed by atoms with Gasteiger partial charge in [0.2, 0.25) is 11.8 Å². The molecule has 0 saturated carbocycles. The van der Waals surface area contributed by atoms with Crippen LogP contribution in [0.2, 0.25) is 0 Å². The number of amides is 2. The molecule has 9 heteroatoms. The predicted octanol–water partition coefficient (Wildman–Crippen LogP) is 1.22. The van der Waals surface area contributed by atoms with Crippen molar-refractivity contribution in [2.24, 2.45) is 5.92 Å². The normalized spacial score (nSPS) is 15.5. The first-order chi connectivity index (χ1) is 16.3. The van der Waals surface area contributed by atoms with E-state index in [0.29, 0.717) is 13.0 Å². The first kappa shape index (κ1) is 23.0. The number of nitrogens with one attached hydrogen (secondary N) is 1. The van der Waals surface area contributed by atoms with Crippen molar-refractivity contribution in [3.8, 4) is 0 Å². The number of anilines is 2. The van der Waals surface area contributed by atoms with Crippen LogP contribution in [-0.2, 0) is 22.6 Å².